The van der Waals surface area contributed by atoms with Crippen LogP contribution in [-0.2, 0) is 20.1 Å². The molecule has 0 atom stereocenters. The molecule has 0 N–H and O–H groups in total. The Bertz CT molecular complexity index is 3200. The van der Waals surface area contributed by atoms with E-state index in [9.17, 15) is 0 Å². The van der Waals surface area contributed by atoms with Crippen LogP contribution in [0.5, 0.6) is 0 Å². The van der Waals surface area contributed by atoms with Crippen molar-refractivity contribution in [3.05, 3.63) is 156 Å². The summed E-state index contributed by atoms with van der Waals surface area (Å²) < 4.78 is 80.4. The van der Waals surface area contributed by atoms with Gasteiger partial charge in [0.15, 0.2) is 0 Å². The minimum absolute atomic E-state index is 0. The van der Waals surface area contributed by atoms with E-state index in [4.69, 9.17) is 21.7 Å². The fourth-order valence-electron chi connectivity index (χ4n) is 7.38. The Hall–Kier alpha value is -5.21. The molecule has 9 rings (SSSR count). The molecule has 60 heavy (non-hydrogen) atoms. The van der Waals surface area contributed by atoms with Gasteiger partial charge in [0.1, 0.15) is 0 Å². The fourth-order valence-corrected chi connectivity index (χ4v) is 9.56. The van der Waals surface area contributed by atoms with Crippen LogP contribution in [-0.4, -0.2) is 37.8 Å². The number of hydrogen-bond donors (Lipinski definition) is 0. The molecule has 305 valence electrons. The van der Waals surface area contributed by atoms with E-state index in [0.29, 0.717) is 33.2 Å². The molecule has 9 aromatic rings. The second kappa shape index (κ2) is 17.4. The average molecular weight is 1040 g/mol. The maximum atomic E-state index is 8.32. The zero-order chi connectivity index (χ0) is 49.1. The number of furan rings is 1. The zero-order valence-electron chi connectivity index (χ0n) is 43.6. The molecule has 0 amide bonds. The van der Waals surface area contributed by atoms with Gasteiger partial charge in [0, 0.05) is 51.3 Å². The number of rotatable bonds is 7. The molecular formula is C52H51GeIrN5O-2. The third-order valence-electron chi connectivity index (χ3n) is 10.6. The number of benzene rings is 4. The monoisotopic (exact) mass is 1040 g/mol. The van der Waals surface area contributed by atoms with E-state index in [1.165, 1.54) is 22.6 Å². The quantitative estimate of drug-likeness (QED) is 0.117. The van der Waals surface area contributed by atoms with Gasteiger partial charge in [-0.05, 0) is 71.3 Å². The van der Waals surface area contributed by atoms with Crippen LogP contribution in [0.1, 0.15) is 79.8 Å². The zero-order valence-corrected chi connectivity index (χ0v) is 39.1. The molecule has 0 aliphatic heterocycles. The van der Waals surface area contributed by atoms with Gasteiger partial charge in [0.25, 0.3) is 0 Å². The first-order valence-corrected chi connectivity index (χ1v) is 27.1. The summed E-state index contributed by atoms with van der Waals surface area (Å²) in [4.78, 5) is 18.4. The number of fused-ring (bicyclic) bond motifs is 4. The normalized spacial score (nSPS) is 14.5. The summed E-state index contributed by atoms with van der Waals surface area (Å²) in [5.41, 5.74) is 9.40. The first-order chi connectivity index (χ1) is 31.9. The Kier molecular flexibility index (Phi) is 9.45. The summed E-state index contributed by atoms with van der Waals surface area (Å²) >= 11 is -1.83. The van der Waals surface area contributed by atoms with E-state index < -0.39 is 33.8 Å². The summed E-state index contributed by atoms with van der Waals surface area (Å²) in [6.07, 6.45) is 5.41. The largest absolute Gasteiger partial charge is 0.486 e. The van der Waals surface area contributed by atoms with Crippen molar-refractivity contribution in [2.75, 3.05) is 0 Å². The second-order valence-corrected chi connectivity index (χ2v) is 27.1. The van der Waals surface area contributed by atoms with E-state index in [-0.39, 0.29) is 54.5 Å². The van der Waals surface area contributed by atoms with Gasteiger partial charge in [-0.25, -0.2) is 4.98 Å². The number of hydrogen-bond acceptors (Lipinski definition) is 5. The van der Waals surface area contributed by atoms with Crippen LogP contribution < -0.4 is 4.40 Å². The molecule has 4 aromatic carbocycles. The summed E-state index contributed by atoms with van der Waals surface area (Å²) in [6.45, 7) is 1.61. The molecule has 5 heterocycles. The number of imidazole rings is 1. The molecule has 1 radical (unpaired) electrons. The van der Waals surface area contributed by atoms with Crippen LogP contribution in [0.25, 0.3) is 72.6 Å². The molecule has 0 unspecified atom stereocenters. The van der Waals surface area contributed by atoms with E-state index in [0.717, 1.165) is 44.7 Å². The summed E-state index contributed by atoms with van der Waals surface area (Å²) in [7, 11) is 0. The third-order valence-corrected chi connectivity index (χ3v) is 14.8. The summed E-state index contributed by atoms with van der Waals surface area (Å²) in [6, 6.07) is 36.3. The van der Waals surface area contributed by atoms with Crippen LogP contribution in [0.2, 0.25) is 17.3 Å². The first kappa shape index (κ1) is 32.5. The maximum Gasteiger partial charge on any atom is 0.216 e. The number of nitrogens with zero attached hydrogens (tertiary/aromatic N) is 5. The molecule has 5 aromatic heterocycles. The van der Waals surface area contributed by atoms with Gasteiger partial charge in [-0.3, -0.25) is 9.97 Å². The van der Waals surface area contributed by atoms with Crippen LogP contribution in [0.15, 0.2) is 120 Å². The Morgan fingerprint density at radius 3 is 2.18 bits per heavy atom. The fraction of sp³-hybridized carbons (Fsp3) is 0.231. The Morgan fingerprint density at radius 2 is 1.55 bits per heavy atom. The van der Waals surface area contributed by atoms with Gasteiger partial charge >= 0.3 is 110 Å². The van der Waals surface area contributed by atoms with E-state index in [1.54, 1.807) is 30.6 Å². The van der Waals surface area contributed by atoms with Crippen molar-refractivity contribution in [2.24, 2.45) is 0 Å². The van der Waals surface area contributed by atoms with Gasteiger partial charge < -0.3 is 8.98 Å². The smallest absolute Gasteiger partial charge is 0.216 e. The Morgan fingerprint density at radius 1 is 0.767 bits per heavy atom. The predicted molar refractivity (Wildman–Crippen MR) is 248 cm³/mol. The molecule has 6 nitrogen and oxygen atoms in total. The molecule has 8 heteroatoms. The van der Waals surface area contributed by atoms with Crippen molar-refractivity contribution in [3.8, 4) is 39.5 Å². The minimum Gasteiger partial charge on any atom is -0.486 e. The number of aryl methyl sites for hydroxylation is 3. The van der Waals surface area contributed by atoms with E-state index >= 15 is 0 Å². The molecule has 0 saturated carbocycles. The van der Waals surface area contributed by atoms with Crippen molar-refractivity contribution in [3.63, 3.8) is 0 Å². The number of aromatic nitrogens is 5. The van der Waals surface area contributed by atoms with Gasteiger partial charge in [0.2, 0.25) is 5.71 Å². The molecule has 0 bridgehead atoms. The topological polar surface area (TPSA) is 69.6 Å². The molecule has 0 aliphatic rings. The Balaban J connectivity index is 0.000000281. The SMILES string of the molecule is [2H]C([2H])([2H])c1c[c-]c(-c2cc[c]([Ge]([CH3])([CH3])[CH3])cn2)cc1.[2H]C([2H])([2H])c1ccc2c(n1)oc1c(-c3nc4ccncc4n3-c3c(C(C)C)cc(-c4ccccc4)cc3C(C)C)[c-]cc(C([2H])([2H])[2H])c12.[Ir]. The van der Waals surface area contributed by atoms with Crippen LogP contribution >= 0.6 is 0 Å². The minimum atomic E-state index is -2.50. The molecule has 0 spiro atoms. The van der Waals surface area contributed by atoms with Crippen molar-refractivity contribution in [1.29, 1.82) is 0 Å². The molecular weight excluding hydrogens is 975 g/mol. The van der Waals surface area contributed by atoms with E-state index in [2.05, 4.69) is 107 Å². The van der Waals surface area contributed by atoms with Gasteiger partial charge in [-0.1, -0.05) is 75.8 Å². The van der Waals surface area contributed by atoms with Crippen LogP contribution in [0.3, 0.4) is 0 Å². The molecule has 0 saturated heterocycles. The second-order valence-electron chi connectivity index (χ2n) is 16.4. The van der Waals surface area contributed by atoms with Gasteiger partial charge in [0.05, 0.1) is 28.6 Å². The maximum absolute atomic E-state index is 8.32. The van der Waals surface area contributed by atoms with Gasteiger partial charge in [-0.2, -0.15) is 0 Å². The van der Waals surface area contributed by atoms with Gasteiger partial charge in [-0.15, -0.1) is 17.7 Å². The summed E-state index contributed by atoms with van der Waals surface area (Å²) in [5, 5.41) is 0.731. The van der Waals surface area contributed by atoms with Crippen LogP contribution in [0, 0.1) is 32.7 Å². The molecule has 0 aliphatic carbocycles. The van der Waals surface area contributed by atoms with Crippen molar-refractivity contribution < 1.29 is 36.9 Å². The number of pyridine rings is 3. The first-order valence-electron chi connectivity index (χ1n) is 24.3. The molecule has 0 fully saturated rings. The standard InChI is InChI=1S/C37H33N4O.C15H18GeN.Ir/c1-21(2)29-18-26(25-10-8-7-9-11-25)19-30(22(3)4)34(29)41-32-20-38-17-16-31(32)40-36(41)28-14-12-23(5)33-27-15-13-24(6)39-37(27)42-35(28)33;1-12-5-7-13(8-6-12)15-10-9-14(11-17-15)16(2,3)4;/h7-13,15-22H,1-6H3;5-7,9-11H,1-4H3;/q2*-1;/i5D3,6D3;1D3;. The van der Waals surface area contributed by atoms with Crippen molar-refractivity contribution in [1.82, 2.24) is 24.5 Å². The third kappa shape index (κ3) is 8.41. The van der Waals surface area contributed by atoms with E-state index in [1.807, 2.05) is 36.5 Å². The average Bonchev–Trinajstić information content (AvgIpc) is 3.86. The Labute approximate surface area is 382 Å². The van der Waals surface area contributed by atoms with Crippen LogP contribution in [0.4, 0.5) is 0 Å². The van der Waals surface area contributed by atoms with Crippen molar-refractivity contribution in [2.45, 2.75) is 77.4 Å². The summed E-state index contributed by atoms with van der Waals surface area (Å²) in [5.74, 6) is 7.72. The van der Waals surface area contributed by atoms with Crippen molar-refractivity contribution >= 4 is 50.8 Å². The predicted octanol–water partition coefficient (Wildman–Crippen LogP) is 13.1.